The quantitative estimate of drug-likeness (QED) is 0.746. The Morgan fingerprint density at radius 3 is 2.28 bits per heavy atom. The van der Waals surface area contributed by atoms with Crippen LogP contribution in [0.2, 0.25) is 0 Å². The van der Waals surface area contributed by atoms with Crippen LogP contribution in [0.15, 0.2) is 24.3 Å². The maximum atomic E-state index is 12.1. The van der Waals surface area contributed by atoms with Crippen LogP contribution in [0.5, 0.6) is 5.75 Å². The van der Waals surface area contributed by atoms with E-state index >= 15 is 0 Å². The summed E-state index contributed by atoms with van der Waals surface area (Å²) in [6.45, 7) is 3.82. The Kier molecular flexibility index (Phi) is 5.35. The minimum Gasteiger partial charge on any atom is -0.497 e. The van der Waals surface area contributed by atoms with Gasteiger partial charge in [0.2, 0.25) is 0 Å². The number of benzene rings is 1. The molecule has 0 amide bonds. The number of carbonyl (C=O) groups is 1. The van der Waals surface area contributed by atoms with Gasteiger partial charge in [0, 0.05) is 13.5 Å². The van der Waals surface area contributed by atoms with Gasteiger partial charge in [-0.1, -0.05) is 19.1 Å². The molecule has 0 saturated carbocycles. The van der Waals surface area contributed by atoms with Crippen molar-refractivity contribution in [2.24, 2.45) is 0 Å². The van der Waals surface area contributed by atoms with Gasteiger partial charge in [0.25, 0.3) is 0 Å². The summed E-state index contributed by atoms with van der Waals surface area (Å²) >= 11 is 0. The Hall–Kier alpha value is -1.35. The molecule has 0 radical (unpaired) electrons. The average Bonchev–Trinajstić information content (AvgIpc) is 2.44. The van der Waals surface area contributed by atoms with Crippen LogP contribution < -0.4 is 4.74 Å². The Morgan fingerprint density at radius 2 is 1.83 bits per heavy atom. The molecule has 0 saturated heterocycles. The van der Waals surface area contributed by atoms with E-state index in [1.54, 1.807) is 14.2 Å². The van der Waals surface area contributed by atoms with Gasteiger partial charge < -0.3 is 9.47 Å². The highest BCUT2D eigenvalue weighted by molar-refractivity contribution is 5.87. The molecule has 0 spiro atoms. The molecular weight excluding hydrogens is 228 g/mol. The van der Waals surface area contributed by atoms with Crippen molar-refractivity contribution in [2.45, 2.75) is 38.7 Å². The van der Waals surface area contributed by atoms with E-state index in [2.05, 4.69) is 0 Å². The van der Waals surface area contributed by atoms with Crippen LogP contribution in [0, 0.1) is 0 Å². The fourth-order valence-corrected chi connectivity index (χ4v) is 1.77. The van der Waals surface area contributed by atoms with Crippen molar-refractivity contribution in [3.8, 4) is 5.75 Å². The average molecular weight is 250 g/mol. The molecule has 1 rings (SSSR count). The van der Waals surface area contributed by atoms with Gasteiger partial charge in [0.1, 0.15) is 11.4 Å². The predicted octanol–water partition coefficient (Wildman–Crippen LogP) is 3.01. The summed E-state index contributed by atoms with van der Waals surface area (Å²) in [5.74, 6) is 0.990. The second-order valence-electron chi connectivity index (χ2n) is 4.56. The number of Topliss-reactive ketones (excluding diaryl/α,β-unsaturated/α-hetero) is 1. The summed E-state index contributed by atoms with van der Waals surface area (Å²) in [7, 11) is 3.23. The molecule has 18 heavy (non-hydrogen) atoms. The number of hydrogen-bond acceptors (Lipinski definition) is 3. The van der Waals surface area contributed by atoms with E-state index in [1.807, 2.05) is 38.1 Å². The lowest BCUT2D eigenvalue weighted by molar-refractivity contribution is -0.139. The van der Waals surface area contributed by atoms with E-state index in [4.69, 9.17) is 9.47 Å². The second-order valence-corrected chi connectivity index (χ2v) is 4.56. The van der Waals surface area contributed by atoms with Crippen LogP contribution in [0.3, 0.4) is 0 Å². The summed E-state index contributed by atoms with van der Waals surface area (Å²) in [5.41, 5.74) is 0.491. The maximum absolute atomic E-state index is 12.1. The highest BCUT2D eigenvalue weighted by atomic mass is 16.5. The van der Waals surface area contributed by atoms with Crippen LogP contribution >= 0.6 is 0 Å². The second kappa shape index (κ2) is 6.55. The van der Waals surface area contributed by atoms with E-state index in [-0.39, 0.29) is 5.78 Å². The van der Waals surface area contributed by atoms with Crippen LogP contribution in [-0.2, 0) is 16.0 Å². The molecule has 0 aromatic heterocycles. The molecule has 0 heterocycles. The lowest BCUT2D eigenvalue weighted by atomic mass is 9.93. The summed E-state index contributed by atoms with van der Waals surface area (Å²) in [5, 5.41) is 0. The van der Waals surface area contributed by atoms with Crippen molar-refractivity contribution in [3.63, 3.8) is 0 Å². The molecule has 1 atom stereocenters. The molecule has 1 unspecified atom stereocenters. The Balaban J connectivity index is 2.56. The van der Waals surface area contributed by atoms with Crippen molar-refractivity contribution >= 4 is 5.78 Å². The smallest absolute Gasteiger partial charge is 0.164 e. The van der Waals surface area contributed by atoms with Crippen LogP contribution in [0.4, 0.5) is 0 Å². The number of methoxy groups -OCH3 is 2. The molecule has 1 aromatic carbocycles. The van der Waals surface area contributed by atoms with Crippen molar-refractivity contribution < 1.29 is 14.3 Å². The lowest BCUT2D eigenvalue weighted by Gasteiger charge is -2.24. The predicted molar refractivity (Wildman–Crippen MR) is 72.0 cm³/mol. The number of carbonyl (C=O) groups excluding carboxylic acids is 1. The van der Waals surface area contributed by atoms with Gasteiger partial charge in [-0.15, -0.1) is 0 Å². The van der Waals surface area contributed by atoms with Crippen LogP contribution in [-0.4, -0.2) is 25.6 Å². The number of hydrogen-bond donors (Lipinski definition) is 0. The standard InChI is InChI=1S/C15H22O3/c1-5-15(2,18-4)14(16)11-8-12-6-9-13(17-3)10-7-12/h6-7,9-10H,5,8,11H2,1-4H3. The minimum absolute atomic E-state index is 0.156. The number of rotatable bonds is 7. The van der Waals surface area contributed by atoms with Crippen LogP contribution in [0.1, 0.15) is 32.3 Å². The molecule has 100 valence electrons. The van der Waals surface area contributed by atoms with E-state index in [0.717, 1.165) is 17.7 Å². The Bertz CT molecular complexity index is 377. The first-order valence-electron chi connectivity index (χ1n) is 6.27. The lowest BCUT2D eigenvalue weighted by Crippen LogP contribution is -2.36. The number of ether oxygens (including phenoxy) is 2. The van der Waals surface area contributed by atoms with Gasteiger partial charge in [0.05, 0.1) is 7.11 Å². The van der Waals surface area contributed by atoms with Crippen molar-refractivity contribution in [1.29, 1.82) is 0 Å². The third-order valence-corrected chi connectivity index (χ3v) is 3.51. The first-order valence-corrected chi connectivity index (χ1v) is 6.27. The highest BCUT2D eigenvalue weighted by Crippen LogP contribution is 2.19. The van der Waals surface area contributed by atoms with E-state index in [0.29, 0.717) is 12.8 Å². The van der Waals surface area contributed by atoms with Gasteiger partial charge in [-0.25, -0.2) is 0 Å². The van der Waals surface area contributed by atoms with E-state index < -0.39 is 5.60 Å². The SMILES string of the molecule is CCC(C)(OC)C(=O)CCc1ccc(OC)cc1. The highest BCUT2D eigenvalue weighted by Gasteiger charge is 2.29. The molecule has 0 aliphatic heterocycles. The molecular formula is C15H22O3. The summed E-state index contributed by atoms with van der Waals surface area (Å²) in [6, 6.07) is 7.80. The van der Waals surface area contributed by atoms with Gasteiger partial charge >= 0.3 is 0 Å². The molecule has 1 aromatic rings. The third kappa shape index (κ3) is 3.57. The Morgan fingerprint density at radius 1 is 1.22 bits per heavy atom. The van der Waals surface area contributed by atoms with Crippen molar-refractivity contribution in [1.82, 2.24) is 0 Å². The monoisotopic (exact) mass is 250 g/mol. The summed E-state index contributed by atoms with van der Waals surface area (Å²) in [6.07, 6.45) is 1.94. The molecule has 0 fully saturated rings. The van der Waals surface area contributed by atoms with E-state index in [9.17, 15) is 4.79 Å². The van der Waals surface area contributed by atoms with Crippen molar-refractivity contribution in [3.05, 3.63) is 29.8 Å². The molecule has 0 N–H and O–H groups in total. The van der Waals surface area contributed by atoms with Crippen LogP contribution in [0.25, 0.3) is 0 Å². The van der Waals surface area contributed by atoms with Crippen molar-refractivity contribution in [2.75, 3.05) is 14.2 Å². The minimum atomic E-state index is -0.646. The molecule has 0 aliphatic carbocycles. The van der Waals surface area contributed by atoms with Gasteiger partial charge in [0.15, 0.2) is 5.78 Å². The molecule has 3 heteroatoms. The molecule has 3 nitrogen and oxygen atoms in total. The van der Waals surface area contributed by atoms with E-state index in [1.165, 1.54) is 0 Å². The molecule has 0 bridgehead atoms. The fourth-order valence-electron chi connectivity index (χ4n) is 1.77. The topological polar surface area (TPSA) is 35.5 Å². The first kappa shape index (κ1) is 14.7. The largest absolute Gasteiger partial charge is 0.497 e. The number of ketones is 1. The first-order chi connectivity index (χ1) is 8.55. The zero-order valence-corrected chi connectivity index (χ0v) is 11.7. The van der Waals surface area contributed by atoms with Gasteiger partial charge in [-0.2, -0.15) is 0 Å². The normalized spacial score (nSPS) is 14.0. The fraction of sp³-hybridized carbons (Fsp3) is 0.533. The maximum Gasteiger partial charge on any atom is 0.164 e. The molecule has 0 aliphatic rings. The zero-order valence-electron chi connectivity index (χ0n) is 11.7. The van der Waals surface area contributed by atoms with Gasteiger partial charge in [-0.05, 0) is 37.5 Å². The summed E-state index contributed by atoms with van der Waals surface area (Å²) in [4.78, 5) is 12.1. The summed E-state index contributed by atoms with van der Waals surface area (Å²) < 4.78 is 10.4. The number of aryl methyl sites for hydroxylation is 1. The zero-order chi connectivity index (χ0) is 13.6. The third-order valence-electron chi connectivity index (χ3n) is 3.51. The Labute approximate surface area is 109 Å². The van der Waals surface area contributed by atoms with Gasteiger partial charge in [-0.3, -0.25) is 4.79 Å².